The average Bonchev–Trinajstić information content (AvgIpc) is 1.97. The topological polar surface area (TPSA) is 26.0 Å². The molecule has 2 heteroatoms. The fraction of sp³-hybridized carbons (Fsp3) is 0.111. The number of rotatable bonds is 0. The first kappa shape index (κ1) is 10.1. The fourth-order valence-electron chi connectivity index (χ4n) is 0.488. The van der Waals surface area contributed by atoms with Gasteiger partial charge in [0.1, 0.15) is 0 Å². The largest absolute Gasteiger partial charge is 0.398 e. The van der Waals surface area contributed by atoms with Crippen LogP contribution < -0.4 is 5.73 Å². The van der Waals surface area contributed by atoms with Crippen LogP contribution in [0.2, 0.25) is 0 Å². The summed E-state index contributed by atoms with van der Waals surface area (Å²) >= 11 is 4.07. The second-order valence-corrected chi connectivity index (χ2v) is 2.45. The van der Waals surface area contributed by atoms with E-state index in [1.165, 1.54) is 0 Å². The average molecular weight is 167 g/mol. The van der Waals surface area contributed by atoms with Crippen molar-refractivity contribution in [1.29, 1.82) is 0 Å². The number of thiol groups is 1. The van der Waals surface area contributed by atoms with Crippen molar-refractivity contribution in [3.63, 3.8) is 0 Å². The zero-order valence-electron chi connectivity index (χ0n) is 6.62. The first-order chi connectivity index (χ1) is 5.22. The van der Waals surface area contributed by atoms with Crippen molar-refractivity contribution >= 4 is 18.3 Å². The van der Waals surface area contributed by atoms with Crippen LogP contribution in [0, 0.1) is 0 Å². The molecule has 0 amide bonds. The molecule has 0 atom stereocenters. The summed E-state index contributed by atoms with van der Waals surface area (Å²) in [6.07, 6.45) is 1.75. The van der Waals surface area contributed by atoms with Crippen molar-refractivity contribution in [3.8, 4) is 0 Å². The Bertz CT molecular complexity index is 200. The molecule has 0 heterocycles. The summed E-state index contributed by atoms with van der Waals surface area (Å²) in [5.74, 6) is 0. The van der Waals surface area contributed by atoms with Gasteiger partial charge in [-0.05, 0) is 19.1 Å². The molecular formula is C9H13NS. The van der Waals surface area contributed by atoms with Gasteiger partial charge in [0.15, 0.2) is 0 Å². The van der Waals surface area contributed by atoms with E-state index in [1.807, 2.05) is 31.2 Å². The van der Waals surface area contributed by atoms with E-state index in [-0.39, 0.29) is 0 Å². The zero-order chi connectivity index (χ0) is 8.69. The monoisotopic (exact) mass is 167 g/mol. The Morgan fingerprint density at radius 1 is 1.45 bits per heavy atom. The number of hydrogen-bond donors (Lipinski definition) is 2. The van der Waals surface area contributed by atoms with Gasteiger partial charge in [0, 0.05) is 10.6 Å². The Labute approximate surface area is 73.3 Å². The standard InChI is InChI=1S/C6H7NS.C3H6/c7-5-3-1-2-4-6(5)8;1-3-2/h1-4,8H,7H2;3H,1H2,2H3. The number of allylic oxidation sites excluding steroid dienone is 1. The van der Waals surface area contributed by atoms with Gasteiger partial charge < -0.3 is 5.73 Å². The van der Waals surface area contributed by atoms with Crippen LogP contribution >= 0.6 is 12.6 Å². The molecule has 11 heavy (non-hydrogen) atoms. The summed E-state index contributed by atoms with van der Waals surface area (Å²) in [4.78, 5) is 0.840. The van der Waals surface area contributed by atoms with Crippen molar-refractivity contribution in [2.24, 2.45) is 0 Å². The Morgan fingerprint density at radius 3 is 2.18 bits per heavy atom. The number of benzene rings is 1. The van der Waals surface area contributed by atoms with Gasteiger partial charge in [-0.1, -0.05) is 18.2 Å². The molecule has 0 aliphatic rings. The predicted molar refractivity (Wildman–Crippen MR) is 54.0 cm³/mol. The van der Waals surface area contributed by atoms with Crippen LogP contribution in [0.3, 0.4) is 0 Å². The molecule has 0 aromatic heterocycles. The van der Waals surface area contributed by atoms with Gasteiger partial charge in [-0.2, -0.15) is 0 Å². The van der Waals surface area contributed by atoms with Crippen LogP contribution in [-0.2, 0) is 0 Å². The van der Waals surface area contributed by atoms with Crippen molar-refractivity contribution in [2.75, 3.05) is 5.73 Å². The molecule has 0 radical (unpaired) electrons. The lowest BCUT2D eigenvalue weighted by atomic mass is 10.3. The first-order valence-corrected chi connectivity index (χ1v) is 3.77. The number of para-hydroxylation sites is 1. The molecule has 0 saturated carbocycles. The lowest BCUT2D eigenvalue weighted by molar-refractivity contribution is 1.48. The van der Waals surface area contributed by atoms with Gasteiger partial charge in [-0.15, -0.1) is 19.2 Å². The summed E-state index contributed by atoms with van der Waals surface area (Å²) < 4.78 is 0. The van der Waals surface area contributed by atoms with Crippen molar-refractivity contribution in [2.45, 2.75) is 11.8 Å². The van der Waals surface area contributed by atoms with Crippen molar-refractivity contribution < 1.29 is 0 Å². The minimum atomic E-state index is 0.732. The highest BCUT2D eigenvalue weighted by molar-refractivity contribution is 7.80. The zero-order valence-corrected chi connectivity index (χ0v) is 7.51. The summed E-state index contributed by atoms with van der Waals surface area (Å²) in [5, 5.41) is 0. The molecule has 1 nitrogen and oxygen atoms in total. The van der Waals surface area contributed by atoms with Gasteiger partial charge >= 0.3 is 0 Å². The molecule has 0 aliphatic heterocycles. The quantitative estimate of drug-likeness (QED) is 0.347. The smallest absolute Gasteiger partial charge is 0.0449 e. The summed E-state index contributed by atoms with van der Waals surface area (Å²) in [6.45, 7) is 5.25. The lowest BCUT2D eigenvalue weighted by Crippen LogP contribution is -1.83. The summed E-state index contributed by atoms with van der Waals surface area (Å²) in [5.41, 5.74) is 6.18. The van der Waals surface area contributed by atoms with E-state index in [4.69, 9.17) is 5.73 Å². The number of anilines is 1. The van der Waals surface area contributed by atoms with Gasteiger partial charge in [0.25, 0.3) is 0 Å². The molecule has 1 aromatic rings. The third kappa shape index (κ3) is 4.51. The van der Waals surface area contributed by atoms with Gasteiger partial charge in [-0.25, -0.2) is 0 Å². The molecular weight excluding hydrogens is 154 g/mol. The van der Waals surface area contributed by atoms with Crippen LogP contribution in [0.25, 0.3) is 0 Å². The van der Waals surface area contributed by atoms with E-state index in [2.05, 4.69) is 19.2 Å². The predicted octanol–water partition coefficient (Wildman–Crippen LogP) is 2.75. The Kier molecular flexibility index (Phi) is 5.39. The maximum absolute atomic E-state index is 5.44. The Balaban J connectivity index is 0.000000292. The molecule has 0 fully saturated rings. The number of nitrogen functional groups attached to an aromatic ring is 1. The minimum absolute atomic E-state index is 0.732. The summed E-state index contributed by atoms with van der Waals surface area (Å²) in [6, 6.07) is 7.47. The van der Waals surface area contributed by atoms with E-state index < -0.39 is 0 Å². The molecule has 1 aromatic carbocycles. The van der Waals surface area contributed by atoms with Gasteiger partial charge in [0.05, 0.1) is 0 Å². The third-order valence-electron chi connectivity index (χ3n) is 0.937. The van der Waals surface area contributed by atoms with Crippen LogP contribution in [0.1, 0.15) is 6.92 Å². The molecule has 0 aliphatic carbocycles. The third-order valence-corrected chi connectivity index (χ3v) is 1.34. The maximum Gasteiger partial charge on any atom is 0.0449 e. The van der Waals surface area contributed by atoms with E-state index in [9.17, 15) is 0 Å². The molecule has 0 unspecified atom stereocenters. The first-order valence-electron chi connectivity index (χ1n) is 3.33. The van der Waals surface area contributed by atoms with Crippen LogP contribution in [0.4, 0.5) is 5.69 Å². The highest BCUT2D eigenvalue weighted by Gasteiger charge is 1.85. The van der Waals surface area contributed by atoms with Crippen LogP contribution in [0.15, 0.2) is 41.8 Å². The van der Waals surface area contributed by atoms with E-state index in [1.54, 1.807) is 6.08 Å². The molecule has 0 saturated heterocycles. The Hall–Kier alpha value is -0.890. The highest BCUT2D eigenvalue weighted by Crippen LogP contribution is 2.13. The van der Waals surface area contributed by atoms with E-state index in [0.29, 0.717) is 0 Å². The normalized spacial score (nSPS) is 7.82. The second kappa shape index (κ2) is 5.86. The molecule has 1 rings (SSSR count). The van der Waals surface area contributed by atoms with E-state index >= 15 is 0 Å². The van der Waals surface area contributed by atoms with Crippen LogP contribution in [0.5, 0.6) is 0 Å². The molecule has 0 bridgehead atoms. The van der Waals surface area contributed by atoms with Gasteiger partial charge in [-0.3, -0.25) is 0 Å². The van der Waals surface area contributed by atoms with E-state index in [0.717, 1.165) is 10.6 Å². The lowest BCUT2D eigenvalue weighted by Gasteiger charge is -1.92. The molecule has 60 valence electrons. The van der Waals surface area contributed by atoms with Crippen LogP contribution in [-0.4, -0.2) is 0 Å². The second-order valence-electron chi connectivity index (χ2n) is 1.97. The molecule has 0 spiro atoms. The SMILES string of the molecule is C=CC.Nc1ccccc1S. The van der Waals surface area contributed by atoms with Gasteiger partial charge in [0.2, 0.25) is 0 Å². The highest BCUT2D eigenvalue weighted by atomic mass is 32.1. The number of nitrogens with two attached hydrogens (primary N) is 1. The molecule has 2 N–H and O–H groups in total. The number of hydrogen-bond acceptors (Lipinski definition) is 2. The maximum atomic E-state index is 5.44. The van der Waals surface area contributed by atoms with Crippen molar-refractivity contribution in [3.05, 3.63) is 36.9 Å². The van der Waals surface area contributed by atoms with Crippen molar-refractivity contribution in [1.82, 2.24) is 0 Å². The fourth-order valence-corrected chi connectivity index (χ4v) is 0.648. The summed E-state index contributed by atoms with van der Waals surface area (Å²) in [7, 11) is 0. The minimum Gasteiger partial charge on any atom is -0.398 e. The Morgan fingerprint density at radius 2 is 1.91 bits per heavy atom.